The zero-order valence-electron chi connectivity index (χ0n) is 22.4. The number of piperazine rings is 1. The van der Waals surface area contributed by atoms with E-state index in [1.165, 1.54) is 6.20 Å². The molecule has 2 aliphatic rings. The maximum Gasteiger partial charge on any atom is 0.250 e. The second-order valence-corrected chi connectivity index (χ2v) is 11.0. The lowest BCUT2D eigenvalue weighted by molar-refractivity contribution is 0.1000. The number of carbonyl (C=O) groups is 1. The van der Waals surface area contributed by atoms with Gasteiger partial charge in [0.05, 0.1) is 16.3 Å². The van der Waals surface area contributed by atoms with Crippen LogP contribution in [0.3, 0.4) is 0 Å². The molecule has 2 atom stereocenters. The van der Waals surface area contributed by atoms with Crippen LogP contribution in [-0.4, -0.2) is 64.1 Å². The number of pyridine rings is 2. The molecular formula is C28H35ClN8O. The summed E-state index contributed by atoms with van der Waals surface area (Å²) in [6.45, 7) is 11.9. The van der Waals surface area contributed by atoms with Gasteiger partial charge in [-0.3, -0.25) is 9.78 Å². The molecule has 38 heavy (non-hydrogen) atoms. The molecule has 0 aliphatic carbocycles. The van der Waals surface area contributed by atoms with Crippen molar-refractivity contribution in [2.45, 2.75) is 58.5 Å². The van der Waals surface area contributed by atoms with Gasteiger partial charge in [0.15, 0.2) is 0 Å². The van der Waals surface area contributed by atoms with Crippen LogP contribution in [0.15, 0.2) is 36.7 Å². The van der Waals surface area contributed by atoms with Crippen molar-refractivity contribution in [2.24, 2.45) is 5.73 Å². The highest BCUT2D eigenvalue weighted by atomic mass is 35.5. The Labute approximate surface area is 229 Å². The van der Waals surface area contributed by atoms with Gasteiger partial charge in [0.25, 0.3) is 0 Å². The van der Waals surface area contributed by atoms with Crippen molar-refractivity contribution in [2.75, 3.05) is 40.9 Å². The minimum absolute atomic E-state index is 0.146. The largest absolute Gasteiger partial charge is 0.366 e. The highest BCUT2D eigenvalue weighted by Crippen LogP contribution is 2.32. The van der Waals surface area contributed by atoms with E-state index in [-0.39, 0.29) is 6.04 Å². The average molecular weight is 535 g/mol. The molecule has 3 aromatic rings. The number of halogens is 1. The van der Waals surface area contributed by atoms with Crippen molar-refractivity contribution in [3.63, 3.8) is 0 Å². The third-order valence-corrected chi connectivity index (χ3v) is 7.78. The number of nitrogens with two attached hydrogens (primary N) is 1. The number of primary amides is 1. The van der Waals surface area contributed by atoms with E-state index in [0.717, 1.165) is 54.6 Å². The van der Waals surface area contributed by atoms with Crippen LogP contribution < -0.4 is 20.4 Å². The molecule has 200 valence electrons. The van der Waals surface area contributed by atoms with Gasteiger partial charge in [0.2, 0.25) is 11.9 Å². The summed E-state index contributed by atoms with van der Waals surface area (Å²) in [4.78, 5) is 37.4. The Morgan fingerprint density at radius 1 is 1.05 bits per heavy atom. The van der Waals surface area contributed by atoms with E-state index >= 15 is 0 Å². The normalized spacial score (nSPS) is 19.9. The van der Waals surface area contributed by atoms with Gasteiger partial charge in [0, 0.05) is 68.0 Å². The number of nitrogens with zero attached hydrogens (tertiary/aromatic N) is 7. The number of amides is 1. The monoisotopic (exact) mass is 534 g/mol. The Morgan fingerprint density at radius 2 is 1.87 bits per heavy atom. The lowest BCUT2D eigenvalue weighted by Crippen LogP contribution is -2.53. The predicted octanol–water partition coefficient (Wildman–Crippen LogP) is 4.51. The van der Waals surface area contributed by atoms with E-state index in [1.807, 2.05) is 12.3 Å². The van der Waals surface area contributed by atoms with E-state index in [0.29, 0.717) is 41.5 Å². The predicted molar refractivity (Wildman–Crippen MR) is 152 cm³/mol. The van der Waals surface area contributed by atoms with E-state index in [9.17, 15) is 4.79 Å². The van der Waals surface area contributed by atoms with Crippen LogP contribution in [0.2, 0.25) is 5.02 Å². The molecule has 0 radical (unpaired) electrons. The fourth-order valence-electron chi connectivity index (χ4n) is 5.29. The fraction of sp³-hybridized carbons (Fsp3) is 0.464. The summed E-state index contributed by atoms with van der Waals surface area (Å²) < 4.78 is 0. The van der Waals surface area contributed by atoms with Crippen LogP contribution in [0.4, 0.5) is 17.6 Å². The molecule has 0 aromatic carbocycles. The number of hydrogen-bond donors (Lipinski definition) is 1. The molecule has 2 fully saturated rings. The SMILES string of the molecule is CC(C)c1cc(-c2cc(N3CCN(c4ncc(C(N)=O)cc4Cl)C[C@H]3C)nc(N3CCC[C@@H]3C)n2)ccn1. The fourth-order valence-corrected chi connectivity index (χ4v) is 5.57. The van der Waals surface area contributed by atoms with Crippen LogP contribution in [0.1, 0.15) is 62.5 Å². The quantitative estimate of drug-likeness (QED) is 0.492. The Bertz CT molecular complexity index is 1330. The van der Waals surface area contributed by atoms with Crippen LogP contribution in [0.5, 0.6) is 0 Å². The molecule has 2 aliphatic heterocycles. The number of hydrogen-bond acceptors (Lipinski definition) is 8. The van der Waals surface area contributed by atoms with E-state index < -0.39 is 5.91 Å². The lowest BCUT2D eigenvalue weighted by Gasteiger charge is -2.41. The van der Waals surface area contributed by atoms with Gasteiger partial charge in [-0.2, -0.15) is 4.98 Å². The summed E-state index contributed by atoms with van der Waals surface area (Å²) in [6.07, 6.45) is 5.65. The van der Waals surface area contributed by atoms with Crippen LogP contribution >= 0.6 is 11.6 Å². The first-order chi connectivity index (χ1) is 18.2. The van der Waals surface area contributed by atoms with Crippen molar-refractivity contribution in [3.8, 4) is 11.3 Å². The van der Waals surface area contributed by atoms with Crippen LogP contribution in [-0.2, 0) is 0 Å². The second kappa shape index (κ2) is 10.7. The average Bonchev–Trinajstić information content (AvgIpc) is 3.34. The number of carbonyl (C=O) groups excluding carboxylic acids is 1. The molecule has 5 rings (SSSR count). The minimum Gasteiger partial charge on any atom is -0.366 e. The topological polar surface area (TPSA) is 104 Å². The molecule has 2 saturated heterocycles. The van der Waals surface area contributed by atoms with Gasteiger partial charge >= 0.3 is 0 Å². The molecule has 1 amide bonds. The molecule has 5 heterocycles. The third-order valence-electron chi connectivity index (χ3n) is 7.51. The zero-order chi connectivity index (χ0) is 27.0. The van der Waals surface area contributed by atoms with Crippen LogP contribution in [0.25, 0.3) is 11.3 Å². The highest BCUT2D eigenvalue weighted by molar-refractivity contribution is 6.33. The van der Waals surface area contributed by atoms with Gasteiger partial charge in [-0.25, -0.2) is 9.97 Å². The Morgan fingerprint density at radius 3 is 2.53 bits per heavy atom. The van der Waals surface area contributed by atoms with Crippen molar-refractivity contribution in [3.05, 3.63) is 52.9 Å². The van der Waals surface area contributed by atoms with E-state index in [1.54, 1.807) is 6.07 Å². The molecule has 0 spiro atoms. The summed E-state index contributed by atoms with van der Waals surface area (Å²) in [5, 5.41) is 0.426. The van der Waals surface area contributed by atoms with Crippen molar-refractivity contribution in [1.82, 2.24) is 19.9 Å². The Kier molecular flexibility index (Phi) is 7.38. The maximum absolute atomic E-state index is 11.5. The summed E-state index contributed by atoms with van der Waals surface area (Å²) in [6, 6.07) is 8.41. The molecule has 0 bridgehead atoms. The summed E-state index contributed by atoms with van der Waals surface area (Å²) >= 11 is 6.48. The second-order valence-electron chi connectivity index (χ2n) is 10.6. The van der Waals surface area contributed by atoms with E-state index in [2.05, 4.69) is 64.5 Å². The molecule has 3 aromatic heterocycles. The third kappa shape index (κ3) is 5.25. The number of aromatic nitrogens is 4. The molecular weight excluding hydrogens is 500 g/mol. The van der Waals surface area contributed by atoms with Gasteiger partial charge in [-0.15, -0.1) is 0 Å². The first-order valence-corrected chi connectivity index (χ1v) is 13.7. The van der Waals surface area contributed by atoms with E-state index in [4.69, 9.17) is 27.3 Å². The summed E-state index contributed by atoms with van der Waals surface area (Å²) in [7, 11) is 0. The van der Waals surface area contributed by atoms with Gasteiger partial charge in [-0.05, 0) is 50.8 Å². The number of rotatable bonds is 6. The maximum atomic E-state index is 11.5. The number of anilines is 3. The Hall–Kier alpha value is -3.46. The van der Waals surface area contributed by atoms with Crippen LogP contribution in [0, 0.1) is 0 Å². The molecule has 0 saturated carbocycles. The Balaban J connectivity index is 1.46. The molecule has 9 nitrogen and oxygen atoms in total. The van der Waals surface area contributed by atoms with Gasteiger partial charge in [0.1, 0.15) is 11.6 Å². The smallest absolute Gasteiger partial charge is 0.250 e. The van der Waals surface area contributed by atoms with Gasteiger partial charge < -0.3 is 20.4 Å². The minimum atomic E-state index is -0.540. The highest BCUT2D eigenvalue weighted by Gasteiger charge is 2.30. The van der Waals surface area contributed by atoms with Crippen molar-refractivity contribution in [1.29, 1.82) is 0 Å². The van der Waals surface area contributed by atoms with Gasteiger partial charge in [-0.1, -0.05) is 25.4 Å². The molecule has 2 N–H and O–H groups in total. The van der Waals surface area contributed by atoms with Crippen molar-refractivity contribution >= 4 is 35.1 Å². The molecule has 10 heteroatoms. The lowest BCUT2D eigenvalue weighted by atomic mass is 10.1. The first kappa shape index (κ1) is 26.2. The van der Waals surface area contributed by atoms with Crippen molar-refractivity contribution < 1.29 is 4.79 Å². The molecule has 0 unspecified atom stereocenters. The zero-order valence-corrected chi connectivity index (χ0v) is 23.2. The standard InChI is InChI=1S/C28H35ClN8O/c1-17(2)23-13-20(7-8-31-23)24-14-25(34-28(33-24)37-9-5-6-18(37)3)36-11-10-35(16-19(36)4)27-22(29)12-21(15-32-27)26(30)38/h7-8,12-15,17-19H,5-6,9-11,16H2,1-4H3,(H2,30,38)/t18-,19+/m0/s1. The summed E-state index contributed by atoms with van der Waals surface area (Å²) in [5.41, 5.74) is 8.70. The first-order valence-electron chi connectivity index (χ1n) is 13.3. The summed E-state index contributed by atoms with van der Waals surface area (Å²) in [5.74, 6) is 2.16.